The van der Waals surface area contributed by atoms with E-state index in [1.54, 1.807) is 6.07 Å². The molecule has 4 heteroatoms. The van der Waals surface area contributed by atoms with Gasteiger partial charge in [-0.2, -0.15) is 0 Å². The molecule has 1 amide bonds. The molecule has 1 N–H and O–H groups in total. The van der Waals surface area contributed by atoms with Crippen LogP contribution >= 0.6 is 0 Å². The summed E-state index contributed by atoms with van der Waals surface area (Å²) in [6.07, 6.45) is 2.90. The first-order valence-electron chi connectivity index (χ1n) is 8.14. The molecule has 4 rings (SSSR count). The standard InChI is InChI=1S/C18H22FNO2/c1-17(2)14(13-6-9-22-15(13)17)20-16(21)18(7-8-18)11-4-3-5-12(19)10-11/h3-5,10,13-15H,6-9H2,1-2H3,(H,20,21). The summed E-state index contributed by atoms with van der Waals surface area (Å²) in [6.45, 7) is 5.11. The van der Waals surface area contributed by atoms with Crippen LogP contribution in [0.15, 0.2) is 24.3 Å². The van der Waals surface area contributed by atoms with E-state index in [2.05, 4.69) is 19.2 Å². The Morgan fingerprint density at radius 2 is 2.14 bits per heavy atom. The molecule has 3 atom stereocenters. The van der Waals surface area contributed by atoms with Gasteiger partial charge in [-0.1, -0.05) is 26.0 Å². The van der Waals surface area contributed by atoms with E-state index in [4.69, 9.17) is 4.74 Å². The van der Waals surface area contributed by atoms with Crippen molar-refractivity contribution >= 4 is 5.91 Å². The minimum atomic E-state index is -0.511. The van der Waals surface area contributed by atoms with Gasteiger partial charge in [-0.15, -0.1) is 0 Å². The summed E-state index contributed by atoms with van der Waals surface area (Å²) >= 11 is 0. The first-order valence-corrected chi connectivity index (χ1v) is 8.14. The van der Waals surface area contributed by atoms with Gasteiger partial charge in [0.1, 0.15) is 5.82 Å². The summed E-state index contributed by atoms with van der Waals surface area (Å²) < 4.78 is 19.3. The molecule has 0 bridgehead atoms. The Kier molecular flexibility index (Phi) is 2.93. The van der Waals surface area contributed by atoms with E-state index in [0.29, 0.717) is 5.92 Å². The Morgan fingerprint density at radius 1 is 1.36 bits per heavy atom. The van der Waals surface area contributed by atoms with Crippen molar-refractivity contribution in [1.82, 2.24) is 5.32 Å². The Labute approximate surface area is 130 Å². The van der Waals surface area contributed by atoms with Gasteiger partial charge in [-0.3, -0.25) is 4.79 Å². The quantitative estimate of drug-likeness (QED) is 0.932. The molecule has 1 aliphatic heterocycles. The molecule has 3 aliphatic rings. The average molecular weight is 303 g/mol. The molecular formula is C18H22FNO2. The number of halogens is 1. The highest BCUT2D eigenvalue weighted by molar-refractivity contribution is 5.91. The highest BCUT2D eigenvalue weighted by atomic mass is 19.1. The third-order valence-corrected chi connectivity index (χ3v) is 5.95. The average Bonchev–Trinajstić information content (AvgIpc) is 3.17. The van der Waals surface area contributed by atoms with Gasteiger partial charge in [-0.05, 0) is 37.0 Å². The van der Waals surface area contributed by atoms with Gasteiger partial charge in [-0.25, -0.2) is 4.39 Å². The van der Waals surface area contributed by atoms with E-state index >= 15 is 0 Å². The predicted molar refractivity (Wildman–Crippen MR) is 80.9 cm³/mol. The second-order valence-electron chi connectivity index (χ2n) is 7.61. The second kappa shape index (κ2) is 4.54. The number of hydrogen-bond donors (Lipinski definition) is 1. The zero-order valence-corrected chi connectivity index (χ0v) is 13.1. The fourth-order valence-corrected chi connectivity index (χ4v) is 4.45. The lowest BCUT2D eigenvalue weighted by Gasteiger charge is -2.54. The molecule has 0 radical (unpaired) electrons. The maximum absolute atomic E-state index is 13.5. The molecule has 2 saturated carbocycles. The van der Waals surface area contributed by atoms with Crippen molar-refractivity contribution in [3.05, 3.63) is 35.6 Å². The summed E-state index contributed by atoms with van der Waals surface area (Å²) in [5, 5.41) is 3.26. The van der Waals surface area contributed by atoms with Gasteiger partial charge in [0.05, 0.1) is 11.5 Å². The van der Waals surface area contributed by atoms with Gasteiger partial charge in [0.15, 0.2) is 0 Å². The van der Waals surface area contributed by atoms with Crippen LogP contribution in [0.4, 0.5) is 4.39 Å². The van der Waals surface area contributed by atoms with Crippen molar-refractivity contribution in [2.24, 2.45) is 11.3 Å². The Morgan fingerprint density at radius 3 is 2.82 bits per heavy atom. The molecule has 22 heavy (non-hydrogen) atoms. The lowest BCUT2D eigenvalue weighted by atomic mass is 9.57. The lowest BCUT2D eigenvalue weighted by Crippen LogP contribution is -2.67. The van der Waals surface area contributed by atoms with Gasteiger partial charge in [0.2, 0.25) is 5.91 Å². The van der Waals surface area contributed by atoms with Crippen LogP contribution in [0.5, 0.6) is 0 Å². The maximum Gasteiger partial charge on any atom is 0.230 e. The van der Waals surface area contributed by atoms with Crippen molar-refractivity contribution in [3.63, 3.8) is 0 Å². The highest BCUT2D eigenvalue weighted by Crippen LogP contribution is 2.54. The summed E-state index contributed by atoms with van der Waals surface area (Å²) in [5.41, 5.74) is 0.277. The number of amides is 1. The summed E-state index contributed by atoms with van der Waals surface area (Å²) in [5.74, 6) is 0.216. The van der Waals surface area contributed by atoms with E-state index in [9.17, 15) is 9.18 Å². The molecule has 3 nitrogen and oxygen atoms in total. The SMILES string of the molecule is CC1(C)C(NC(=O)C2(c3cccc(F)c3)CC2)C2CCOC21. The van der Waals surface area contributed by atoms with Gasteiger partial charge >= 0.3 is 0 Å². The van der Waals surface area contributed by atoms with Crippen LogP contribution in [0.2, 0.25) is 0 Å². The number of nitrogens with one attached hydrogen (secondary N) is 1. The molecule has 2 aliphatic carbocycles. The predicted octanol–water partition coefficient (Wildman–Crippen LogP) is 2.79. The second-order valence-corrected chi connectivity index (χ2v) is 7.61. The van der Waals surface area contributed by atoms with Crippen molar-refractivity contribution in [1.29, 1.82) is 0 Å². The largest absolute Gasteiger partial charge is 0.377 e. The van der Waals surface area contributed by atoms with E-state index in [0.717, 1.165) is 31.4 Å². The molecule has 3 unspecified atom stereocenters. The van der Waals surface area contributed by atoms with Gasteiger partial charge < -0.3 is 10.1 Å². The van der Waals surface area contributed by atoms with Crippen LogP contribution in [0, 0.1) is 17.2 Å². The molecular weight excluding hydrogens is 281 g/mol. The highest BCUT2D eigenvalue weighted by Gasteiger charge is 2.61. The van der Waals surface area contributed by atoms with Gasteiger partial charge in [0, 0.05) is 24.0 Å². The number of carbonyl (C=O) groups is 1. The van der Waals surface area contributed by atoms with E-state index < -0.39 is 5.41 Å². The van der Waals surface area contributed by atoms with Crippen molar-refractivity contribution in [2.45, 2.75) is 50.7 Å². The molecule has 1 aromatic carbocycles. The van der Waals surface area contributed by atoms with E-state index in [1.165, 1.54) is 12.1 Å². The number of fused-ring (bicyclic) bond motifs is 1. The molecule has 118 valence electrons. The number of hydrogen-bond acceptors (Lipinski definition) is 2. The van der Waals surface area contributed by atoms with Crippen molar-refractivity contribution < 1.29 is 13.9 Å². The molecule has 3 fully saturated rings. The van der Waals surface area contributed by atoms with E-state index in [1.807, 2.05) is 6.07 Å². The van der Waals surface area contributed by atoms with E-state index in [-0.39, 0.29) is 29.3 Å². The normalized spacial score (nSPS) is 33.7. The maximum atomic E-state index is 13.5. The number of ether oxygens (including phenoxy) is 1. The number of benzene rings is 1. The van der Waals surface area contributed by atoms with Crippen molar-refractivity contribution in [2.75, 3.05) is 6.61 Å². The minimum Gasteiger partial charge on any atom is -0.377 e. The van der Waals surface area contributed by atoms with Crippen LogP contribution in [0.3, 0.4) is 0 Å². The topological polar surface area (TPSA) is 38.3 Å². The Hall–Kier alpha value is -1.42. The van der Waals surface area contributed by atoms with Crippen molar-refractivity contribution in [3.8, 4) is 0 Å². The molecule has 0 spiro atoms. The first kappa shape index (κ1) is 14.2. The molecule has 1 heterocycles. The van der Waals surface area contributed by atoms with Crippen LogP contribution in [-0.4, -0.2) is 24.7 Å². The first-order chi connectivity index (χ1) is 10.4. The zero-order chi connectivity index (χ0) is 15.5. The minimum absolute atomic E-state index is 0.0190. The fourth-order valence-electron chi connectivity index (χ4n) is 4.45. The van der Waals surface area contributed by atoms with Crippen LogP contribution in [0.25, 0.3) is 0 Å². The molecule has 0 aromatic heterocycles. The monoisotopic (exact) mass is 303 g/mol. The van der Waals surface area contributed by atoms with Gasteiger partial charge in [0.25, 0.3) is 0 Å². The van der Waals surface area contributed by atoms with Crippen LogP contribution in [0.1, 0.15) is 38.7 Å². The Balaban J connectivity index is 1.53. The summed E-state index contributed by atoms with van der Waals surface area (Å²) in [7, 11) is 0. The number of rotatable bonds is 3. The fraction of sp³-hybridized carbons (Fsp3) is 0.611. The molecule has 1 aromatic rings. The molecule has 1 saturated heterocycles. The lowest BCUT2D eigenvalue weighted by molar-refractivity contribution is -0.139. The third kappa shape index (κ3) is 1.86. The van der Waals surface area contributed by atoms with Crippen LogP contribution in [-0.2, 0) is 14.9 Å². The summed E-state index contributed by atoms with van der Waals surface area (Å²) in [4.78, 5) is 12.8. The Bertz CT molecular complexity index is 623. The number of carbonyl (C=O) groups excluding carboxylic acids is 1. The summed E-state index contributed by atoms with van der Waals surface area (Å²) in [6, 6.07) is 6.64. The zero-order valence-electron chi connectivity index (χ0n) is 13.1. The van der Waals surface area contributed by atoms with Crippen LogP contribution < -0.4 is 5.32 Å². The third-order valence-electron chi connectivity index (χ3n) is 5.95. The smallest absolute Gasteiger partial charge is 0.230 e.